The molecule has 1 saturated heterocycles. The summed E-state index contributed by atoms with van der Waals surface area (Å²) in [4.78, 5) is 12.9. The van der Waals surface area contributed by atoms with Gasteiger partial charge >= 0.3 is 0 Å². The first-order valence-electron chi connectivity index (χ1n) is 7.16. The number of benzene rings is 1. The third-order valence-corrected chi connectivity index (χ3v) is 3.57. The normalized spacial score (nSPS) is 22.0. The lowest BCUT2D eigenvalue weighted by atomic mass is 10.0. The highest BCUT2D eigenvalue weighted by Crippen LogP contribution is 2.27. The number of nitro groups is 1. The second-order valence-electron chi connectivity index (χ2n) is 6.22. The predicted molar refractivity (Wildman–Crippen MR) is 82.5 cm³/mol. The second kappa shape index (κ2) is 5.99. The van der Waals surface area contributed by atoms with Crippen LogP contribution in [0.4, 0.5) is 11.4 Å². The molecule has 0 radical (unpaired) electrons. The van der Waals surface area contributed by atoms with Crippen LogP contribution in [0.25, 0.3) is 0 Å². The minimum absolute atomic E-state index is 0.108. The van der Waals surface area contributed by atoms with E-state index in [9.17, 15) is 10.1 Å². The average Bonchev–Trinajstić information content (AvgIpc) is 2.35. The van der Waals surface area contributed by atoms with Crippen LogP contribution in [-0.4, -0.2) is 41.7 Å². The Labute approximate surface area is 125 Å². The molecule has 0 bridgehead atoms. The summed E-state index contributed by atoms with van der Waals surface area (Å²) in [5, 5.41) is 13.8. The van der Waals surface area contributed by atoms with Crippen molar-refractivity contribution in [3.63, 3.8) is 0 Å². The predicted octanol–water partition coefficient (Wildman–Crippen LogP) is 2.64. The van der Waals surface area contributed by atoms with Gasteiger partial charge in [-0.15, -0.1) is 0 Å². The Morgan fingerprint density at radius 2 is 2.24 bits per heavy atom. The van der Waals surface area contributed by atoms with Gasteiger partial charge in [0.05, 0.1) is 16.6 Å². The zero-order valence-electron chi connectivity index (χ0n) is 13.0. The highest BCUT2D eigenvalue weighted by molar-refractivity contribution is 5.62. The fourth-order valence-electron chi connectivity index (χ4n) is 3.01. The monoisotopic (exact) mass is 293 g/mol. The molecule has 1 aliphatic heterocycles. The van der Waals surface area contributed by atoms with Gasteiger partial charge in [0.25, 0.3) is 5.69 Å². The first kappa shape index (κ1) is 15.7. The number of morpholine rings is 1. The first-order chi connectivity index (χ1) is 9.80. The summed E-state index contributed by atoms with van der Waals surface area (Å²) in [6.45, 7) is 8.74. The lowest BCUT2D eigenvalue weighted by Crippen LogP contribution is -2.51. The van der Waals surface area contributed by atoms with Crippen molar-refractivity contribution in [3.8, 4) is 0 Å². The van der Waals surface area contributed by atoms with E-state index in [1.807, 2.05) is 12.1 Å². The van der Waals surface area contributed by atoms with Crippen LogP contribution in [0.1, 0.15) is 26.3 Å². The summed E-state index contributed by atoms with van der Waals surface area (Å²) in [6, 6.07) is 5.24. The highest BCUT2D eigenvalue weighted by Gasteiger charge is 2.31. The van der Waals surface area contributed by atoms with Crippen LogP contribution in [-0.2, 0) is 11.3 Å². The van der Waals surface area contributed by atoms with E-state index in [0.717, 1.165) is 25.2 Å². The molecule has 21 heavy (non-hydrogen) atoms. The average molecular weight is 293 g/mol. The van der Waals surface area contributed by atoms with Crippen LogP contribution in [0, 0.1) is 10.1 Å². The molecule has 1 fully saturated rings. The van der Waals surface area contributed by atoms with E-state index in [1.54, 1.807) is 13.1 Å². The maximum Gasteiger partial charge on any atom is 0.292 e. The van der Waals surface area contributed by atoms with Crippen LogP contribution in [0.5, 0.6) is 0 Å². The quantitative estimate of drug-likeness (QED) is 0.683. The molecular formula is C15H23N3O3. The largest absolute Gasteiger partial charge is 0.383 e. The molecule has 1 N–H and O–H groups in total. The van der Waals surface area contributed by atoms with Crippen molar-refractivity contribution in [1.82, 2.24) is 4.90 Å². The topological polar surface area (TPSA) is 67.6 Å². The summed E-state index contributed by atoms with van der Waals surface area (Å²) >= 11 is 0. The minimum atomic E-state index is -0.366. The summed E-state index contributed by atoms with van der Waals surface area (Å²) in [5.41, 5.74) is 1.56. The van der Waals surface area contributed by atoms with Crippen molar-refractivity contribution in [2.24, 2.45) is 0 Å². The molecule has 0 spiro atoms. The molecule has 2 rings (SSSR count). The lowest BCUT2D eigenvalue weighted by Gasteiger charge is -2.41. The number of hydrogen-bond donors (Lipinski definition) is 1. The number of rotatable bonds is 4. The summed E-state index contributed by atoms with van der Waals surface area (Å²) in [7, 11) is 1.70. The van der Waals surface area contributed by atoms with E-state index in [2.05, 4.69) is 31.0 Å². The Morgan fingerprint density at radius 3 is 2.81 bits per heavy atom. The van der Waals surface area contributed by atoms with Crippen LogP contribution in [0.15, 0.2) is 18.2 Å². The highest BCUT2D eigenvalue weighted by atomic mass is 16.6. The van der Waals surface area contributed by atoms with Crippen LogP contribution < -0.4 is 5.32 Å². The Hall–Kier alpha value is -1.66. The van der Waals surface area contributed by atoms with Gasteiger partial charge in [-0.2, -0.15) is 0 Å². The van der Waals surface area contributed by atoms with E-state index < -0.39 is 0 Å². The summed E-state index contributed by atoms with van der Waals surface area (Å²) < 4.78 is 5.89. The van der Waals surface area contributed by atoms with Gasteiger partial charge < -0.3 is 10.1 Å². The van der Waals surface area contributed by atoms with Gasteiger partial charge in [-0.1, -0.05) is 6.07 Å². The Bertz CT molecular complexity index is 531. The van der Waals surface area contributed by atoms with Gasteiger partial charge in [0.15, 0.2) is 0 Å². The Morgan fingerprint density at radius 1 is 1.52 bits per heavy atom. The molecule has 116 valence electrons. The van der Waals surface area contributed by atoms with E-state index in [4.69, 9.17) is 4.74 Å². The van der Waals surface area contributed by atoms with Crippen molar-refractivity contribution >= 4 is 11.4 Å². The number of anilines is 1. The van der Waals surface area contributed by atoms with Crippen molar-refractivity contribution in [3.05, 3.63) is 33.9 Å². The maximum atomic E-state index is 10.9. The molecule has 1 aliphatic rings. The molecule has 1 unspecified atom stereocenters. The SMILES string of the molecule is CNc1cc(CN2CC(C)OC(C)(C)C2)ccc1[N+](=O)[O-]. The molecular weight excluding hydrogens is 270 g/mol. The third-order valence-electron chi connectivity index (χ3n) is 3.57. The number of ether oxygens (including phenoxy) is 1. The van der Waals surface area contributed by atoms with E-state index in [-0.39, 0.29) is 22.3 Å². The van der Waals surface area contributed by atoms with Gasteiger partial charge in [-0.3, -0.25) is 15.0 Å². The number of nitrogens with one attached hydrogen (secondary N) is 1. The zero-order valence-corrected chi connectivity index (χ0v) is 13.0. The number of nitro benzene ring substituents is 1. The molecule has 0 aromatic heterocycles. The van der Waals surface area contributed by atoms with Crippen molar-refractivity contribution in [1.29, 1.82) is 0 Å². The molecule has 0 aliphatic carbocycles. The zero-order chi connectivity index (χ0) is 15.6. The number of nitrogens with zero attached hydrogens (tertiary/aromatic N) is 2. The van der Waals surface area contributed by atoms with E-state index in [1.165, 1.54) is 0 Å². The van der Waals surface area contributed by atoms with Gasteiger partial charge in [0.2, 0.25) is 0 Å². The fourth-order valence-corrected chi connectivity index (χ4v) is 3.01. The molecule has 1 aromatic rings. The van der Waals surface area contributed by atoms with E-state index in [0.29, 0.717) is 5.69 Å². The maximum absolute atomic E-state index is 10.9. The number of hydrogen-bond acceptors (Lipinski definition) is 5. The molecule has 0 amide bonds. The molecule has 1 aromatic carbocycles. The lowest BCUT2D eigenvalue weighted by molar-refractivity contribution is -0.384. The van der Waals surface area contributed by atoms with Gasteiger partial charge in [-0.05, 0) is 32.4 Å². The summed E-state index contributed by atoms with van der Waals surface area (Å²) in [5.74, 6) is 0. The molecule has 6 nitrogen and oxygen atoms in total. The van der Waals surface area contributed by atoms with Crippen LogP contribution in [0.3, 0.4) is 0 Å². The summed E-state index contributed by atoms with van der Waals surface area (Å²) in [6.07, 6.45) is 0.190. The van der Waals surface area contributed by atoms with Crippen LogP contribution >= 0.6 is 0 Å². The Kier molecular flexibility index (Phi) is 4.49. The standard InChI is InChI=1S/C15H23N3O3/c1-11-8-17(10-15(2,3)21-11)9-12-5-6-14(18(19)20)13(7-12)16-4/h5-7,11,16H,8-10H2,1-4H3. The molecule has 1 heterocycles. The Balaban J connectivity index is 2.14. The van der Waals surface area contributed by atoms with E-state index >= 15 is 0 Å². The molecule has 0 saturated carbocycles. The first-order valence-corrected chi connectivity index (χ1v) is 7.16. The molecule has 1 atom stereocenters. The van der Waals surface area contributed by atoms with Crippen molar-refractivity contribution in [2.45, 2.75) is 39.0 Å². The van der Waals surface area contributed by atoms with Gasteiger partial charge in [0.1, 0.15) is 5.69 Å². The minimum Gasteiger partial charge on any atom is -0.383 e. The van der Waals surface area contributed by atoms with Crippen molar-refractivity contribution < 1.29 is 9.66 Å². The van der Waals surface area contributed by atoms with Gasteiger partial charge in [0, 0.05) is 32.7 Å². The second-order valence-corrected chi connectivity index (χ2v) is 6.22. The molecule has 6 heteroatoms. The van der Waals surface area contributed by atoms with Crippen LogP contribution in [0.2, 0.25) is 0 Å². The third kappa shape index (κ3) is 3.92. The van der Waals surface area contributed by atoms with Crippen molar-refractivity contribution in [2.75, 3.05) is 25.5 Å². The smallest absolute Gasteiger partial charge is 0.292 e. The van der Waals surface area contributed by atoms with Gasteiger partial charge in [-0.25, -0.2) is 0 Å². The fraction of sp³-hybridized carbons (Fsp3) is 0.600.